The van der Waals surface area contributed by atoms with E-state index in [1.165, 1.54) is 24.0 Å². The van der Waals surface area contributed by atoms with Crippen LogP contribution in [0.1, 0.15) is 34.3 Å². The molecule has 0 unspecified atom stereocenters. The molecule has 0 heterocycles. The normalized spacial score (nSPS) is 13.5. The summed E-state index contributed by atoms with van der Waals surface area (Å²) in [7, 11) is 0. The van der Waals surface area contributed by atoms with Crippen molar-refractivity contribution in [2.45, 2.75) is 25.7 Å². The van der Waals surface area contributed by atoms with Crippen molar-refractivity contribution in [3.63, 3.8) is 0 Å². The molecule has 1 amide bonds. The van der Waals surface area contributed by atoms with Gasteiger partial charge in [0.2, 0.25) is 0 Å². The summed E-state index contributed by atoms with van der Waals surface area (Å²) in [5, 5.41) is 0. The predicted molar refractivity (Wildman–Crippen MR) is 79.4 cm³/mol. The van der Waals surface area contributed by atoms with E-state index in [-0.39, 0.29) is 5.91 Å². The monoisotopic (exact) mass is 255 g/mol. The average molecular weight is 255 g/mol. The van der Waals surface area contributed by atoms with Crippen molar-refractivity contribution in [1.82, 2.24) is 4.90 Å². The molecule has 0 atom stereocenters. The minimum Gasteiger partial charge on any atom is -0.331 e. The van der Waals surface area contributed by atoms with Crippen LogP contribution in [0.3, 0.4) is 0 Å². The van der Waals surface area contributed by atoms with Crippen molar-refractivity contribution in [3.05, 3.63) is 60.2 Å². The number of carbonyl (C=O) groups excluding carboxylic acids is 1. The van der Waals surface area contributed by atoms with E-state index in [4.69, 9.17) is 0 Å². The molecule has 0 spiro atoms. The second-order valence-corrected chi connectivity index (χ2v) is 4.98. The number of carbonyl (C=O) groups is 1. The van der Waals surface area contributed by atoms with Gasteiger partial charge in [-0.2, -0.15) is 0 Å². The summed E-state index contributed by atoms with van der Waals surface area (Å²) < 4.78 is 0. The third-order valence-electron chi connectivity index (χ3n) is 3.58. The number of rotatable bonds is 5. The van der Waals surface area contributed by atoms with Gasteiger partial charge < -0.3 is 4.90 Å². The fourth-order valence-corrected chi connectivity index (χ4v) is 2.60. The molecular formula is C17H21NO. The summed E-state index contributed by atoms with van der Waals surface area (Å²) in [6.07, 6.45) is 8.23. The highest BCUT2D eigenvalue weighted by Crippen LogP contribution is 2.22. The standard InChI is InChI=1S/C17H21NO/c1-3-11-18(12-4-2)17(19)16-10-9-14-7-5-6-8-15(14)13-16/h3-4,9-10,13H,1-2,5-8,11-12H2. The Labute approximate surface area is 115 Å². The number of aryl methyl sites for hydroxylation is 2. The molecule has 0 fully saturated rings. The lowest BCUT2D eigenvalue weighted by molar-refractivity contribution is 0.0790. The Hall–Kier alpha value is -1.83. The molecule has 0 saturated carbocycles. The van der Waals surface area contributed by atoms with Crippen molar-refractivity contribution in [3.8, 4) is 0 Å². The lowest BCUT2D eigenvalue weighted by Crippen LogP contribution is -2.31. The first kappa shape index (κ1) is 13.6. The smallest absolute Gasteiger partial charge is 0.254 e. The van der Waals surface area contributed by atoms with Crippen LogP contribution in [0, 0.1) is 0 Å². The molecule has 1 aromatic carbocycles. The van der Waals surface area contributed by atoms with Gasteiger partial charge in [-0.1, -0.05) is 18.2 Å². The Morgan fingerprint density at radius 1 is 1.11 bits per heavy atom. The molecule has 100 valence electrons. The first-order valence-corrected chi connectivity index (χ1v) is 6.89. The van der Waals surface area contributed by atoms with Crippen LogP contribution in [0.25, 0.3) is 0 Å². The molecule has 0 saturated heterocycles. The van der Waals surface area contributed by atoms with Gasteiger partial charge in [0.25, 0.3) is 5.91 Å². The number of nitrogens with zero attached hydrogens (tertiary/aromatic N) is 1. The van der Waals surface area contributed by atoms with Gasteiger partial charge in [-0.15, -0.1) is 13.2 Å². The minimum atomic E-state index is 0.0631. The molecule has 1 aliphatic carbocycles. The lowest BCUT2D eigenvalue weighted by atomic mass is 9.90. The molecule has 0 N–H and O–H groups in total. The third kappa shape index (κ3) is 3.14. The minimum absolute atomic E-state index is 0.0631. The maximum Gasteiger partial charge on any atom is 0.254 e. The molecule has 2 rings (SSSR count). The van der Waals surface area contributed by atoms with Crippen molar-refractivity contribution in [2.75, 3.05) is 13.1 Å². The summed E-state index contributed by atoms with van der Waals surface area (Å²) in [4.78, 5) is 14.2. The zero-order chi connectivity index (χ0) is 13.7. The first-order valence-electron chi connectivity index (χ1n) is 6.89. The zero-order valence-electron chi connectivity index (χ0n) is 11.4. The van der Waals surface area contributed by atoms with Gasteiger partial charge in [0.05, 0.1) is 0 Å². The first-order chi connectivity index (χ1) is 9.26. The zero-order valence-corrected chi connectivity index (χ0v) is 11.4. The average Bonchev–Trinajstić information content (AvgIpc) is 2.46. The fourth-order valence-electron chi connectivity index (χ4n) is 2.60. The van der Waals surface area contributed by atoms with Crippen molar-refractivity contribution in [2.24, 2.45) is 0 Å². The molecule has 19 heavy (non-hydrogen) atoms. The van der Waals surface area contributed by atoms with Crippen molar-refractivity contribution in [1.29, 1.82) is 0 Å². The van der Waals surface area contributed by atoms with Crippen molar-refractivity contribution >= 4 is 5.91 Å². The van der Waals surface area contributed by atoms with E-state index in [1.807, 2.05) is 6.07 Å². The number of fused-ring (bicyclic) bond motifs is 1. The fraction of sp³-hybridized carbons (Fsp3) is 0.353. The van der Waals surface area contributed by atoms with Crippen LogP contribution in [0.15, 0.2) is 43.5 Å². The summed E-state index contributed by atoms with van der Waals surface area (Å²) >= 11 is 0. The molecule has 0 bridgehead atoms. The second-order valence-electron chi connectivity index (χ2n) is 4.98. The Morgan fingerprint density at radius 2 is 1.74 bits per heavy atom. The Morgan fingerprint density at radius 3 is 2.37 bits per heavy atom. The predicted octanol–water partition coefficient (Wildman–Crippen LogP) is 3.38. The Kier molecular flexibility index (Phi) is 4.56. The van der Waals surface area contributed by atoms with Crippen LogP contribution >= 0.6 is 0 Å². The molecular weight excluding hydrogens is 234 g/mol. The van der Waals surface area contributed by atoms with Gasteiger partial charge in [0.1, 0.15) is 0 Å². The summed E-state index contributed by atoms with van der Waals surface area (Å²) in [5.41, 5.74) is 3.53. The lowest BCUT2D eigenvalue weighted by Gasteiger charge is -2.21. The topological polar surface area (TPSA) is 20.3 Å². The van der Waals surface area contributed by atoms with Crippen LogP contribution in [0.4, 0.5) is 0 Å². The highest BCUT2D eigenvalue weighted by atomic mass is 16.2. The quantitative estimate of drug-likeness (QED) is 0.739. The van der Waals surface area contributed by atoms with Gasteiger partial charge in [-0.05, 0) is 48.9 Å². The molecule has 0 radical (unpaired) electrons. The Balaban J connectivity index is 2.22. The van der Waals surface area contributed by atoms with Crippen molar-refractivity contribution < 1.29 is 4.79 Å². The van der Waals surface area contributed by atoms with Gasteiger partial charge in [0, 0.05) is 18.7 Å². The third-order valence-corrected chi connectivity index (χ3v) is 3.58. The molecule has 2 heteroatoms. The highest BCUT2D eigenvalue weighted by molar-refractivity contribution is 5.94. The number of benzene rings is 1. The van der Waals surface area contributed by atoms with E-state index in [9.17, 15) is 4.79 Å². The van der Waals surface area contributed by atoms with Gasteiger partial charge in [-0.3, -0.25) is 4.79 Å². The summed E-state index contributed by atoms with van der Waals surface area (Å²) in [5.74, 6) is 0.0631. The summed E-state index contributed by atoms with van der Waals surface area (Å²) in [6, 6.07) is 6.13. The van der Waals surface area contributed by atoms with Gasteiger partial charge in [0.15, 0.2) is 0 Å². The van der Waals surface area contributed by atoms with E-state index >= 15 is 0 Å². The maximum atomic E-state index is 12.4. The number of amides is 1. The number of hydrogen-bond donors (Lipinski definition) is 0. The molecule has 0 aliphatic heterocycles. The van der Waals surface area contributed by atoms with Crippen LogP contribution in [-0.2, 0) is 12.8 Å². The molecule has 1 aliphatic rings. The number of hydrogen-bond acceptors (Lipinski definition) is 1. The second kappa shape index (κ2) is 6.37. The highest BCUT2D eigenvalue weighted by Gasteiger charge is 2.16. The van der Waals surface area contributed by atoms with E-state index < -0.39 is 0 Å². The van der Waals surface area contributed by atoms with E-state index in [1.54, 1.807) is 17.1 Å². The largest absolute Gasteiger partial charge is 0.331 e. The van der Waals surface area contributed by atoms with Gasteiger partial charge in [-0.25, -0.2) is 0 Å². The molecule has 1 aromatic rings. The van der Waals surface area contributed by atoms with E-state index in [0.717, 1.165) is 18.4 Å². The van der Waals surface area contributed by atoms with Crippen LogP contribution in [0.5, 0.6) is 0 Å². The van der Waals surface area contributed by atoms with E-state index in [0.29, 0.717) is 13.1 Å². The molecule has 2 nitrogen and oxygen atoms in total. The summed E-state index contributed by atoms with van der Waals surface area (Å²) in [6.45, 7) is 8.52. The molecule has 0 aromatic heterocycles. The van der Waals surface area contributed by atoms with Crippen LogP contribution < -0.4 is 0 Å². The maximum absolute atomic E-state index is 12.4. The van der Waals surface area contributed by atoms with E-state index in [2.05, 4.69) is 25.3 Å². The SMILES string of the molecule is C=CCN(CC=C)C(=O)c1ccc2c(c1)CCCC2. The van der Waals surface area contributed by atoms with Crippen LogP contribution in [0.2, 0.25) is 0 Å². The Bertz CT molecular complexity index is 480. The van der Waals surface area contributed by atoms with Crippen LogP contribution in [-0.4, -0.2) is 23.9 Å². The van der Waals surface area contributed by atoms with Gasteiger partial charge >= 0.3 is 0 Å².